The average molecular weight is 317 g/mol. The second kappa shape index (κ2) is 5.87. The third-order valence-electron chi connectivity index (χ3n) is 5.18. The minimum Gasteiger partial charge on any atom is -0.496 e. The first-order valence-corrected chi connectivity index (χ1v) is 8.15. The number of nitrogens with zero attached hydrogens (tertiary/aromatic N) is 1. The summed E-state index contributed by atoms with van der Waals surface area (Å²) in [6.07, 6.45) is 3.07. The van der Waals surface area contributed by atoms with E-state index in [1.54, 1.807) is 12.0 Å². The first kappa shape index (κ1) is 15.8. The zero-order valence-corrected chi connectivity index (χ0v) is 13.7. The lowest BCUT2D eigenvalue weighted by atomic mass is 9.90. The Morgan fingerprint density at radius 1 is 1.35 bits per heavy atom. The van der Waals surface area contributed by atoms with Crippen molar-refractivity contribution in [3.63, 3.8) is 0 Å². The lowest BCUT2D eigenvalue weighted by Crippen LogP contribution is -2.46. The van der Waals surface area contributed by atoms with Crippen molar-refractivity contribution in [2.75, 3.05) is 20.2 Å². The van der Waals surface area contributed by atoms with E-state index >= 15 is 0 Å². The van der Waals surface area contributed by atoms with Crippen LogP contribution in [0.4, 0.5) is 0 Å². The van der Waals surface area contributed by atoms with E-state index in [2.05, 4.69) is 0 Å². The van der Waals surface area contributed by atoms with Gasteiger partial charge in [0.05, 0.1) is 18.4 Å². The molecule has 0 radical (unpaired) electrons. The standard InChI is InChI=1S/C18H23NO4/c1-12-5-6-14(10-15(12)23-2)18(7-8-18)17(22)19-9-3-4-13(11-19)16(20)21/h5-6,10,13H,3-4,7-9,11H2,1-2H3,(H,20,21). The number of benzene rings is 1. The van der Waals surface area contributed by atoms with Gasteiger partial charge in [-0.15, -0.1) is 0 Å². The summed E-state index contributed by atoms with van der Waals surface area (Å²) >= 11 is 0. The molecule has 1 heterocycles. The van der Waals surface area contributed by atoms with Gasteiger partial charge in [0.15, 0.2) is 0 Å². The molecular weight excluding hydrogens is 294 g/mol. The summed E-state index contributed by atoms with van der Waals surface area (Å²) in [7, 11) is 1.63. The quantitative estimate of drug-likeness (QED) is 0.926. The largest absolute Gasteiger partial charge is 0.496 e. The van der Waals surface area contributed by atoms with Crippen molar-refractivity contribution in [1.82, 2.24) is 4.90 Å². The van der Waals surface area contributed by atoms with Crippen LogP contribution in [0.2, 0.25) is 0 Å². The lowest BCUT2D eigenvalue weighted by Gasteiger charge is -2.33. The van der Waals surface area contributed by atoms with E-state index in [1.807, 2.05) is 25.1 Å². The van der Waals surface area contributed by atoms with Crippen LogP contribution in [0.5, 0.6) is 5.75 Å². The Hall–Kier alpha value is -2.04. The molecule has 0 aromatic heterocycles. The topological polar surface area (TPSA) is 66.8 Å². The number of carboxylic acids is 1. The molecule has 0 bridgehead atoms. The van der Waals surface area contributed by atoms with Crippen molar-refractivity contribution in [2.24, 2.45) is 5.92 Å². The van der Waals surface area contributed by atoms with Crippen molar-refractivity contribution >= 4 is 11.9 Å². The fourth-order valence-electron chi connectivity index (χ4n) is 3.53. The predicted molar refractivity (Wildman–Crippen MR) is 85.6 cm³/mol. The van der Waals surface area contributed by atoms with Gasteiger partial charge in [-0.25, -0.2) is 0 Å². The summed E-state index contributed by atoms with van der Waals surface area (Å²) in [6.45, 7) is 2.97. The van der Waals surface area contributed by atoms with Crippen molar-refractivity contribution in [2.45, 2.75) is 38.0 Å². The maximum Gasteiger partial charge on any atom is 0.308 e. The smallest absolute Gasteiger partial charge is 0.308 e. The van der Waals surface area contributed by atoms with Crippen molar-refractivity contribution < 1.29 is 19.4 Å². The van der Waals surface area contributed by atoms with Gasteiger partial charge < -0.3 is 14.7 Å². The molecule has 1 aliphatic carbocycles. The number of amides is 1. The molecule has 3 rings (SSSR count). The summed E-state index contributed by atoms with van der Waals surface area (Å²) in [5.74, 6) is -0.363. The highest BCUT2D eigenvalue weighted by atomic mass is 16.5. The van der Waals surface area contributed by atoms with Gasteiger partial charge in [0.1, 0.15) is 5.75 Å². The molecule has 2 fully saturated rings. The molecule has 1 aliphatic heterocycles. The number of hydrogen-bond acceptors (Lipinski definition) is 3. The molecule has 5 heteroatoms. The maximum atomic E-state index is 13.0. The van der Waals surface area contributed by atoms with Crippen molar-refractivity contribution in [3.05, 3.63) is 29.3 Å². The SMILES string of the molecule is COc1cc(C2(C(=O)N3CCCC(C(=O)O)C3)CC2)ccc1C. The van der Waals surface area contributed by atoms with Crippen molar-refractivity contribution in [3.8, 4) is 5.75 Å². The van der Waals surface area contributed by atoms with Crippen LogP contribution < -0.4 is 4.74 Å². The van der Waals surface area contributed by atoms with Gasteiger partial charge in [-0.2, -0.15) is 0 Å². The number of aliphatic carboxylic acids is 1. The third-order valence-corrected chi connectivity index (χ3v) is 5.18. The van der Waals surface area contributed by atoms with Crippen LogP contribution in [0.15, 0.2) is 18.2 Å². The van der Waals surface area contributed by atoms with E-state index in [4.69, 9.17) is 4.74 Å². The molecule has 2 aliphatic rings. The van der Waals surface area contributed by atoms with Crippen LogP contribution in [0.1, 0.15) is 36.8 Å². The van der Waals surface area contributed by atoms with Crippen LogP contribution in [-0.2, 0) is 15.0 Å². The number of piperidine rings is 1. The monoisotopic (exact) mass is 317 g/mol. The lowest BCUT2D eigenvalue weighted by molar-refractivity contribution is -0.146. The molecule has 23 heavy (non-hydrogen) atoms. The minimum atomic E-state index is -0.802. The zero-order chi connectivity index (χ0) is 16.6. The number of methoxy groups -OCH3 is 1. The molecule has 0 spiro atoms. The second-order valence-corrected chi connectivity index (χ2v) is 6.70. The fourth-order valence-corrected chi connectivity index (χ4v) is 3.53. The molecule has 1 amide bonds. The normalized spacial score (nSPS) is 22.5. The summed E-state index contributed by atoms with van der Waals surface area (Å²) in [5.41, 5.74) is 1.56. The first-order valence-electron chi connectivity index (χ1n) is 8.15. The molecular formula is C18H23NO4. The average Bonchev–Trinajstić information content (AvgIpc) is 3.36. The van der Waals surface area contributed by atoms with Gasteiger partial charge in [-0.1, -0.05) is 12.1 Å². The van der Waals surface area contributed by atoms with Crippen LogP contribution >= 0.6 is 0 Å². The highest BCUT2D eigenvalue weighted by Crippen LogP contribution is 2.50. The molecule has 1 saturated heterocycles. The van der Waals surface area contributed by atoms with E-state index in [-0.39, 0.29) is 5.91 Å². The number of carbonyl (C=O) groups excluding carboxylic acids is 1. The maximum absolute atomic E-state index is 13.0. The van der Waals surface area contributed by atoms with E-state index in [1.165, 1.54) is 0 Å². The summed E-state index contributed by atoms with van der Waals surface area (Å²) in [6, 6.07) is 5.94. The van der Waals surface area contributed by atoms with Gasteiger partial charge >= 0.3 is 5.97 Å². The van der Waals surface area contributed by atoms with Gasteiger partial charge in [0.25, 0.3) is 0 Å². The fraction of sp³-hybridized carbons (Fsp3) is 0.556. The number of likely N-dealkylation sites (tertiary alicyclic amines) is 1. The number of ether oxygens (including phenoxy) is 1. The van der Waals surface area contributed by atoms with E-state index in [9.17, 15) is 14.7 Å². The number of aryl methyl sites for hydroxylation is 1. The van der Waals surface area contributed by atoms with Crippen LogP contribution in [0, 0.1) is 12.8 Å². The summed E-state index contributed by atoms with van der Waals surface area (Å²) in [5, 5.41) is 9.22. The van der Waals surface area contributed by atoms with E-state index < -0.39 is 17.3 Å². The number of rotatable bonds is 4. The Balaban J connectivity index is 1.82. The Morgan fingerprint density at radius 2 is 2.09 bits per heavy atom. The second-order valence-electron chi connectivity index (χ2n) is 6.70. The highest BCUT2D eigenvalue weighted by Gasteiger charge is 2.53. The zero-order valence-electron chi connectivity index (χ0n) is 13.7. The molecule has 1 atom stereocenters. The third kappa shape index (κ3) is 2.80. The molecule has 1 aromatic carbocycles. The molecule has 1 N–H and O–H groups in total. The minimum absolute atomic E-state index is 0.0781. The van der Waals surface area contributed by atoms with Crippen molar-refractivity contribution in [1.29, 1.82) is 0 Å². The van der Waals surface area contributed by atoms with Crippen LogP contribution in [-0.4, -0.2) is 42.1 Å². The molecule has 1 saturated carbocycles. The van der Waals surface area contributed by atoms with Gasteiger partial charge in [0.2, 0.25) is 5.91 Å². The molecule has 1 aromatic rings. The Bertz CT molecular complexity index is 636. The predicted octanol–water partition coefficient (Wildman–Crippen LogP) is 2.36. The van der Waals surface area contributed by atoms with E-state index in [0.717, 1.165) is 36.1 Å². The summed E-state index contributed by atoms with van der Waals surface area (Å²) in [4.78, 5) is 26.0. The number of carbonyl (C=O) groups is 2. The summed E-state index contributed by atoms with van der Waals surface area (Å²) < 4.78 is 5.38. The molecule has 124 valence electrons. The number of hydrogen-bond donors (Lipinski definition) is 1. The Morgan fingerprint density at radius 3 is 2.70 bits per heavy atom. The van der Waals surface area contributed by atoms with Gasteiger partial charge in [0, 0.05) is 13.1 Å². The first-order chi connectivity index (χ1) is 11.0. The van der Waals surface area contributed by atoms with Crippen LogP contribution in [0.25, 0.3) is 0 Å². The molecule has 1 unspecified atom stereocenters. The Kier molecular flexibility index (Phi) is 4.04. The number of carboxylic acid groups (broad SMARTS) is 1. The molecule has 5 nitrogen and oxygen atoms in total. The van der Waals surface area contributed by atoms with Gasteiger partial charge in [-0.3, -0.25) is 9.59 Å². The van der Waals surface area contributed by atoms with Gasteiger partial charge in [-0.05, 0) is 49.8 Å². The Labute approximate surface area is 136 Å². The van der Waals surface area contributed by atoms with Crippen LogP contribution in [0.3, 0.4) is 0 Å². The van der Waals surface area contributed by atoms with E-state index in [0.29, 0.717) is 19.5 Å². The highest BCUT2D eigenvalue weighted by molar-refractivity contribution is 5.92.